The van der Waals surface area contributed by atoms with Crippen LogP contribution >= 0.6 is 0 Å². The molecule has 0 heterocycles. The van der Waals surface area contributed by atoms with Crippen LogP contribution in [0.5, 0.6) is 0 Å². The molecule has 0 spiro atoms. The predicted molar refractivity (Wildman–Crippen MR) is 103 cm³/mol. The van der Waals surface area contributed by atoms with E-state index in [9.17, 15) is 19.5 Å². The minimum absolute atomic E-state index is 0.0386. The van der Waals surface area contributed by atoms with E-state index in [1.165, 1.54) is 7.11 Å². The van der Waals surface area contributed by atoms with E-state index in [0.717, 1.165) is 24.8 Å². The molecule has 28 heavy (non-hydrogen) atoms. The number of aliphatic hydroxyl groups is 1. The van der Waals surface area contributed by atoms with Crippen LogP contribution in [0.3, 0.4) is 0 Å². The fourth-order valence-electron chi connectivity index (χ4n) is 7.43. The molecule has 0 saturated heterocycles. The Morgan fingerprint density at radius 1 is 1.21 bits per heavy atom. The number of hydrogen-bond donors (Lipinski definition) is 1. The number of ether oxygens (including phenoxy) is 1. The maximum atomic E-state index is 13.5. The van der Waals surface area contributed by atoms with Gasteiger partial charge in [0.2, 0.25) is 0 Å². The molecule has 4 rings (SSSR count). The fraction of sp³-hybridized carbons (Fsp3) is 0.783. The SMILES string of the molecule is COC(=O)C(C)[C@H]1CC[C@H]2[C@@H]3[C@H](O)CC4=CC(=O)CC[C@]4(C)[C@H]3CC(=O)[C@]12C. The van der Waals surface area contributed by atoms with Crippen molar-refractivity contribution in [2.24, 2.45) is 40.4 Å². The van der Waals surface area contributed by atoms with Crippen molar-refractivity contribution in [3.63, 3.8) is 0 Å². The molecule has 4 aliphatic carbocycles. The molecule has 5 nitrogen and oxygen atoms in total. The zero-order valence-corrected chi connectivity index (χ0v) is 17.4. The van der Waals surface area contributed by atoms with Crippen LogP contribution in [0.2, 0.25) is 0 Å². The molecule has 0 aromatic rings. The summed E-state index contributed by atoms with van der Waals surface area (Å²) < 4.78 is 4.97. The van der Waals surface area contributed by atoms with E-state index >= 15 is 0 Å². The minimum atomic E-state index is -0.585. The molecule has 4 aliphatic rings. The lowest BCUT2D eigenvalue weighted by atomic mass is 9.45. The molecule has 154 valence electrons. The first-order valence-electron chi connectivity index (χ1n) is 10.7. The number of methoxy groups -OCH3 is 1. The Hall–Kier alpha value is -1.49. The Morgan fingerprint density at radius 2 is 1.93 bits per heavy atom. The number of aliphatic hydroxyl groups excluding tert-OH is 1. The van der Waals surface area contributed by atoms with Gasteiger partial charge in [0.15, 0.2) is 5.78 Å². The van der Waals surface area contributed by atoms with E-state index in [4.69, 9.17) is 4.74 Å². The highest BCUT2D eigenvalue weighted by Crippen LogP contribution is 2.66. The zero-order chi connectivity index (χ0) is 20.4. The summed E-state index contributed by atoms with van der Waals surface area (Å²) in [6, 6.07) is 0. The van der Waals surface area contributed by atoms with Crippen molar-refractivity contribution in [3.05, 3.63) is 11.6 Å². The number of carbonyl (C=O) groups is 3. The fourth-order valence-corrected chi connectivity index (χ4v) is 7.43. The maximum absolute atomic E-state index is 13.5. The number of hydrogen-bond acceptors (Lipinski definition) is 5. The summed E-state index contributed by atoms with van der Waals surface area (Å²) in [5.74, 6) is -0.0403. The van der Waals surface area contributed by atoms with E-state index in [2.05, 4.69) is 6.92 Å². The summed E-state index contributed by atoms with van der Waals surface area (Å²) in [4.78, 5) is 37.7. The molecule has 0 amide bonds. The average Bonchev–Trinajstić information content (AvgIpc) is 3.01. The van der Waals surface area contributed by atoms with Gasteiger partial charge in [0.1, 0.15) is 5.78 Å². The molecule has 0 aromatic carbocycles. The molecule has 0 aromatic heterocycles. The maximum Gasteiger partial charge on any atom is 0.308 e. The molecule has 0 radical (unpaired) electrons. The quantitative estimate of drug-likeness (QED) is 0.735. The van der Waals surface area contributed by atoms with Crippen LogP contribution in [0, 0.1) is 40.4 Å². The van der Waals surface area contributed by atoms with Crippen molar-refractivity contribution in [2.75, 3.05) is 7.11 Å². The molecule has 1 unspecified atom stereocenters. The first-order chi connectivity index (χ1) is 13.1. The van der Waals surface area contributed by atoms with Gasteiger partial charge >= 0.3 is 5.97 Å². The molecule has 5 heteroatoms. The standard InChI is InChI=1S/C23H32O5/c1-12(21(27)28-4)15-5-6-16-20-17(11-19(26)23(15,16)3)22(2)8-7-14(24)9-13(22)10-18(20)25/h9,12,15-18,20,25H,5-8,10-11H2,1-4H3/t12?,15-,16+,17+,18-,20+,22+,23-/m1/s1. The van der Waals surface area contributed by atoms with E-state index in [-0.39, 0.29) is 52.5 Å². The third kappa shape index (κ3) is 2.51. The van der Waals surface area contributed by atoms with Crippen LogP contribution in [-0.2, 0) is 19.1 Å². The second-order valence-electron chi connectivity index (χ2n) is 10.0. The van der Waals surface area contributed by atoms with Gasteiger partial charge < -0.3 is 9.84 Å². The summed E-state index contributed by atoms with van der Waals surface area (Å²) in [5.41, 5.74) is 0.268. The first kappa shape index (κ1) is 19.8. The Labute approximate surface area is 166 Å². The number of ketones is 2. The largest absolute Gasteiger partial charge is 0.469 e. The number of fused-ring (bicyclic) bond motifs is 5. The molecule has 3 fully saturated rings. The Bertz CT molecular complexity index is 754. The highest BCUT2D eigenvalue weighted by atomic mass is 16.5. The number of Topliss-reactive ketones (excluding diaryl/α,β-unsaturated/α-hetero) is 1. The third-order valence-electron chi connectivity index (χ3n) is 9.09. The van der Waals surface area contributed by atoms with Gasteiger partial charge in [-0.05, 0) is 60.8 Å². The number of rotatable bonds is 2. The van der Waals surface area contributed by atoms with Gasteiger partial charge in [-0.2, -0.15) is 0 Å². The second kappa shape index (κ2) is 6.51. The van der Waals surface area contributed by atoms with Gasteiger partial charge in [-0.15, -0.1) is 0 Å². The monoisotopic (exact) mass is 388 g/mol. The summed E-state index contributed by atoms with van der Waals surface area (Å²) in [6.45, 7) is 6.09. The van der Waals surface area contributed by atoms with Crippen LogP contribution < -0.4 is 0 Å². The van der Waals surface area contributed by atoms with Gasteiger partial charge in [-0.3, -0.25) is 14.4 Å². The average molecular weight is 389 g/mol. The molecule has 3 saturated carbocycles. The first-order valence-corrected chi connectivity index (χ1v) is 10.7. The zero-order valence-electron chi connectivity index (χ0n) is 17.4. The van der Waals surface area contributed by atoms with E-state index < -0.39 is 11.5 Å². The van der Waals surface area contributed by atoms with Gasteiger partial charge in [0.05, 0.1) is 19.1 Å². The highest BCUT2D eigenvalue weighted by Gasteiger charge is 2.65. The lowest BCUT2D eigenvalue weighted by Gasteiger charge is -2.58. The number of esters is 1. The normalized spacial score (nSPS) is 46.2. The lowest BCUT2D eigenvalue weighted by molar-refractivity contribution is -0.161. The van der Waals surface area contributed by atoms with Crippen molar-refractivity contribution in [1.29, 1.82) is 0 Å². The molecule has 0 bridgehead atoms. The van der Waals surface area contributed by atoms with Crippen molar-refractivity contribution in [1.82, 2.24) is 0 Å². The number of carbonyl (C=O) groups excluding carboxylic acids is 3. The van der Waals surface area contributed by atoms with E-state index in [1.807, 2.05) is 13.8 Å². The second-order valence-corrected chi connectivity index (χ2v) is 10.0. The van der Waals surface area contributed by atoms with Gasteiger partial charge in [-0.25, -0.2) is 0 Å². The Morgan fingerprint density at radius 3 is 2.61 bits per heavy atom. The summed E-state index contributed by atoms with van der Waals surface area (Å²) in [7, 11) is 1.40. The van der Waals surface area contributed by atoms with Crippen molar-refractivity contribution in [3.8, 4) is 0 Å². The van der Waals surface area contributed by atoms with Gasteiger partial charge in [0.25, 0.3) is 0 Å². The Balaban J connectivity index is 1.72. The summed E-state index contributed by atoms with van der Waals surface area (Å²) in [5, 5.41) is 11.1. The highest BCUT2D eigenvalue weighted by molar-refractivity contribution is 5.92. The van der Waals surface area contributed by atoms with Gasteiger partial charge in [-0.1, -0.05) is 26.3 Å². The lowest BCUT2D eigenvalue weighted by Crippen LogP contribution is -2.59. The van der Waals surface area contributed by atoms with Crippen molar-refractivity contribution < 1.29 is 24.2 Å². The van der Waals surface area contributed by atoms with E-state index in [0.29, 0.717) is 19.3 Å². The molecular formula is C23H32O5. The van der Waals surface area contributed by atoms with Crippen LogP contribution in [0.25, 0.3) is 0 Å². The summed E-state index contributed by atoms with van der Waals surface area (Å²) in [6.07, 6.45) is 5.14. The van der Waals surface area contributed by atoms with Crippen molar-refractivity contribution in [2.45, 2.75) is 65.4 Å². The predicted octanol–water partition coefficient (Wildman–Crippen LogP) is 3.09. The molecular weight excluding hydrogens is 356 g/mol. The van der Waals surface area contributed by atoms with Crippen LogP contribution in [-0.4, -0.2) is 35.9 Å². The smallest absolute Gasteiger partial charge is 0.308 e. The topological polar surface area (TPSA) is 80.7 Å². The Kier molecular flexibility index (Phi) is 4.61. The minimum Gasteiger partial charge on any atom is -0.469 e. The van der Waals surface area contributed by atoms with Crippen LogP contribution in [0.1, 0.15) is 59.3 Å². The molecule has 1 N–H and O–H groups in total. The van der Waals surface area contributed by atoms with Crippen molar-refractivity contribution >= 4 is 17.5 Å². The van der Waals surface area contributed by atoms with Gasteiger partial charge in [0, 0.05) is 18.3 Å². The summed E-state index contributed by atoms with van der Waals surface area (Å²) >= 11 is 0. The van der Waals surface area contributed by atoms with E-state index in [1.54, 1.807) is 6.08 Å². The van der Waals surface area contributed by atoms with Crippen LogP contribution in [0.4, 0.5) is 0 Å². The third-order valence-corrected chi connectivity index (χ3v) is 9.09. The molecule has 8 atom stereocenters. The van der Waals surface area contributed by atoms with Crippen LogP contribution in [0.15, 0.2) is 11.6 Å². The molecule has 0 aliphatic heterocycles.